The van der Waals surface area contributed by atoms with Crippen LogP contribution in [0.4, 0.5) is 17.3 Å². The van der Waals surface area contributed by atoms with Gasteiger partial charge in [-0.3, -0.25) is 9.98 Å². The van der Waals surface area contributed by atoms with Crippen molar-refractivity contribution in [3.8, 4) is 0 Å². The molecule has 0 aliphatic rings. The van der Waals surface area contributed by atoms with Crippen molar-refractivity contribution in [2.45, 2.75) is 33.4 Å². The highest BCUT2D eigenvalue weighted by atomic mass is 32.1. The Labute approximate surface area is 163 Å². The first-order chi connectivity index (χ1) is 12.9. The Kier molecular flexibility index (Phi) is 7.30. The van der Waals surface area contributed by atoms with Gasteiger partial charge in [0.2, 0.25) is 0 Å². The molecular weight excluding hydrogens is 360 g/mol. The molecule has 0 bridgehead atoms. The van der Waals surface area contributed by atoms with Crippen LogP contribution in [0.5, 0.6) is 0 Å². The fourth-order valence-electron chi connectivity index (χ4n) is 2.10. The molecule has 0 unspecified atom stereocenters. The number of thiophene rings is 1. The van der Waals surface area contributed by atoms with Gasteiger partial charge in [0.15, 0.2) is 11.6 Å². The van der Waals surface area contributed by atoms with Crippen molar-refractivity contribution in [2.75, 3.05) is 23.3 Å². The second-order valence-electron chi connectivity index (χ2n) is 6.00. The second-order valence-corrected chi connectivity index (χ2v) is 7.17. The van der Waals surface area contributed by atoms with Crippen LogP contribution in [0.1, 0.15) is 36.2 Å². The first-order valence-electron chi connectivity index (χ1n) is 8.64. The lowest BCUT2D eigenvalue weighted by molar-refractivity contribution is 0.842. The average Bonchev–Trinajstić information content (AvgIpc) is 3.00. The van der Waals surface area contributed by atoms with E-state index in [1.54, 1.807) is 30.0 Å². The molecule has 0 radical (unpaired) electrons. The van der Waals surface area contributed by atoms with E-state index in [0.717, 1.165) is 16.3 Å². The lowest BCUT2D eigenvalue weighted by atomic mass is 10.2. The zero-order valence-electron chi connectivity index (χ0n) is 15.8. The second kappa shape index (κ2) is 9.67. The highest BCUT2D eigenvalue weighted by Gasteiger charge is 2.09. The maximum Gasteiger partial charge on any atom is 0.169 e. The maximum atomic E-state index is 6.02. The zero-order valence-corrected chi connectivity index (χ0v) is 16.6. The van der Waals surface area contributed by atoms with Gasteiger partial charge in [-0.1, -0.05) is 0 Å². The molecule has 2 heterocycles. The standard InChI is InChI=1S/C18H26N8S/c1-4-22-10-16-14(20)5-13(27-16)8-25-18-17(21)24-9-15(26-18)12(6-19)7-23-11(2)3/h5-7,9-11H,4,8,19-20H2,1-3H3,(H2,21,24)(H,25,26). The third-order valence-electron chi connectivity index (χ3n) is 3.45. The summed E-state index contributed by atoms with van der Waals surface area (Å²) in [6.45, 7) is 7.20. The van der Waals surface area contributed by atoms with E-state index in [-0.39, 0.29) is 6.04 Å². The fraction of sp³-hybridized carbons (Fsp3) is 0.333. The van der Waals surface area contributed by atoms with Gasteiger partial charge in [-0.05, 0) is 26.8 Å². The zero-order chi connectivity index (χ0) is 19.8. The number of nitrogens with one attached hydrogen (secondary N) is 1. The minimum Gasteiger partial charge on any atom is -0.404 e. The highest BCUT2D eigenvalue weighted by Crippen LogP contribution is 2.25. The van der Waals surface area contributed by atoms with Gasteiger partial charge in [-0.2, -0.15) is 0 Å². The number of nitrogen functional groups attached to an aromatic ring is 2. The predicted molar refractivity (Wildman–Crippen MR) is 116 cm³/mol. The van der Waals surface area contributed by atoms with Gasteiger partial charge in [0, 0.05) is 41.7 Å². The van der Waals surface area contributed by atoms with Crippen LogP contribution in [0.25, 0.3) is 5.57 Å². The van der Waals surface area contributed by atoms with Gasteiger partial charge < -0.3 is 22.5 Å². The Morgan fingerprint density at radius 3 is 2.81 bits per heavy atom. The van der Waals surface area contributed by atoms with E-state index < -0.39 is 0 Å². The highest BCUT2D eigenvalue weighted by molar-refractivity contribution is 7.14. The molecule has 0 saturated heterocycles. The number of aromatic nitrogens is 2. The monoisotopic (exact) mass is 386 g/mol. The van der Waals surface area contributed by atoms with Crippen LogP contribution < -0.4 is 22.5 Å². The van der Waals surface area contributed by atoms with E-state index in [0.29, 0.717) is 35.1 Å². The maximum absolute atomic E-state index is 6.02. The molecule has 0 aromatic carbocycles. The summed E-state index contributed by atoms with van der Waals surface area (Å²) in [5.74, 6) is 0.800. The molecular formula is C18H26N8S. The molecule has 8 nitrogen and oxygen atoms in total. The van der Waals surface area contributed by atoms with Crippen LogP contribution >= 0.6 is 11.3 Å². The fourth-order valence-corrected chi connectivity index (χ4v) is 3.02. The van der Waals surface area contributed by atoms with Crippen molar-refractivity contribution in [3.63, 3.8) is 0 Å². The molecule has 0 saturated carbocycles. The van der Waals surface area contributed by atoms with E-state index in [9.17, 15) is 0 Å². The van der Waals surface area contributed by atoms with E-state index in [4.69, 9.17) is 17.2 Å². The largest absolute Gasteiger partial charge is 0.404 e. The number of nitrogens with zero attached hydrogens (tertiary/aromatic N) is 4. The predicted octanol–water partition coefficient (Wildman–Crippen LogP) is 2.53. The average molecular weight is 387 g/mol. The number of nitrogens with two attached hydrogens (primary N) is 3. The van der Waals surface area contributed by atoms with Crippen molar-refractivity contribution in [3.05, 3.63) is 33.9 Å². The molecule has 0 amide bonds. The summed E-state index contributed by atoms with van der Waals surface area (Å²) < 4.78 is 0. The summed E-state index contributed by atoms with van der Waals surface area (Å²) >= 11 is 1.57. The minimum atomic E-state index is 0.161. The Hall–Kier alpha value is -2.94. The molecule has 2 rings (SSSR count). The molecule has 2 aromatic heterocycles. The molecule has 0 fully saturated rings. The van der Waals surface area contributed by atoms with Gasteiger partial charge in [0.05, 0.1) is 29.0 Å². The molecule has 0 aliphatic heterocycles. The topological polar surface area (TPSA) is 141 Å². The van der Waals surface area contributed by atoms with Gasteiger partial charge in [-0.15, -0.1) is 11.3 Å². The van der Waals surface area contributed by atoms with Crippen LogP contribution in [-0.2, 0) is 6.54 Å². The lowest BCUT2D eigenvalue weighted by Gasteiger charge is -2.09. The van der Waals surface area contributed by atoms with Gasteiger partial charge in [0.1, 0.15) is 0 Å². The molecule has 2 aromatic rings. The molecule has 0 spiro atoms. The van der Waals surface area contributed by atoms with Crippen molar-refractivity contribution >= 4 is 46.7 Å². The summed E-state index contributed by atoms with van der Waals surface area (Å²) in [6.07, 6.45) is 6.52. The Bertz CT molecular complexity index is 851. The van der Waals surface area contributed by atoms with Gasteiger partial charge in [0.25, 0.3) is 0 Å². The number of allylic oxidation sites excluding steroid dienone is 1. The van der Waals surface area contributed by atoms with E-state index in [1.165, 1.54) is 6.20 Å². The van der Waals surface area contributed by atoms with E-state index in [1.807, 2.05) is 26.8 Å². The summed E-state index contributed by atoms with van der Waals surface area (Å²) in [6, 6.07) is 2.08. The summed E-state index contributed by atoms with van der Waals surface area (Å²) in [4.78, 5) is 19.3. The quantitative estimate of drug-likeness (QED) is 0.514. The van der Waals surface area contributed by atoms with E-state index in [2.05, 4.69) is 25.3 Å². The number of hydrogen-bond acceptors (Lipinski definition) is 9. The van der Waals surface area contributed by atoms with Gasteiger partial charge in [-0.25, -0.2) is 9.97 Å². The molecule has 27 heavy (non-hydrogen) atoms. The van der Waals surface area contributed by atoms with Crippen LogP contribution in [-0.4, -0.2) is 35.0 Å². The number of aliphatic imine (C=N–C) groups is 2. The third kappa shape index (κ3) is 5.78. The third-order valence-corrected chi connectivity index (χ3v) is 4.54. The lowest BCUT2D eigenvalue weighted by Crippen LogP contribution is -2.08. The van der Waals surface area contributed by atoms with E-state index >= 15 is 0 Å². The first kappa shape index (κ1) is 20.4. The Morgan fingerprint density at radius 2 is 2.15 bits per heavy atom. The van der Waals surface area contributed by atoms with Crippen LogP contribution in [0.2, 0.25) is 0 Å². The van der Waals surface area contributed by atoms with Crippen molar-refractivity contribution in [1.29, 1.82) is 0 Å². The SMILES string of the molecule is CCN=Cc1sc(CNc2nc(C(C=NC(C)C)=CN)cnc2N)cc1N. The molecule has 7 N–H and O–H groups in total. The van der Waals surface area contributed by atoms with Crippen LogP contribution in [0.3, 0.4) is 0 Å². The minimum absolute atomic E-state index is 0.161. The molecule has 144 valence electrons. The number of hydrogen-bond donors (Lipinski definition) is 4. The normalized spacial score (nSPS) is 12.5. The summed E-state index contributed by atoms with van der Waals surface area (Å²) in [7, 11) is 0. The Morgan fingerprint density at radius 1 is 1.37 bits per heavy atom. The van der Waals surface area contributed by atoms with Gasteiger partial charge >= 0.3 is 0 Å². The van der Waals surface area contributed by atoms with Crippen LogP contribution in [0, 0.1) is 0 Å². The van der Waals surface area contributed by atoms with Crippen molar-refractivity contribution in [2.24, 2.45) is 15.7 Å². The molecule has 9 heteroatoms. The molecule has 0 atom stereocenters. The Balaban J connectivity index is 2.16. The summed E-state index contributed by atoms with van der Waals surface area (Å²) in [5.41, 5.74) is 19.7. The molecule has 0 aliphatic carbocycles. The van der Waals surface area contributed by atoms with Crippen molar-refractivity contribution in [1.82, 2.24) is 9.97 Å². The summed E-state index contributed by atoms with van der Waals surface area (Å²) in [5, 5.41) is 3.21. The van der Waals surface area contributed by atoms with Crippen molar-refractivity contribution < 1.29 is 0 Å². The number of anilines is 3. The smallest absolute Gasteiger partial charge is 0.169 e. The first-order valence-corrected chi connectivity index (χ1v) is 9.46. The number of rotatable bonds is 8. The van der Waals surface area contributed by atoms with Crippen LogP contribution in [0.15, 0.2) is 28.4 Å².